The van der Waals surface area contributed by atoms with Crippen LogP contribution in [-0.4, -0.2) is 40.5 Å². The molecule has 8 heteroatoms. The van der Waals surface area contributed by atoms with Crippen molar-refractivity contribution in [2.75, 3.05) is 6.67 Å². The Morgan fingerprint density at radius 1 is 1.23 bits per heavy atom. The molecule has 0 aromatic carbocycles. The van der Waals surface area contributed by atoms with E-state index < -0.39 is 48.3 Å². The van der Waals surface area contributed by atoms with Gasteiger partial charge in [0.1, 0.15) is 18.3 Å². The van der Waals surface area contributed by atoms with Gasteiger partial charge in [0.15, 0.2) is 5.78 Å². The molecular formula is C23H35FN2O5. The molecule has 1 rings (SSSR count). The number of pyridine rings is 1. The molecule has 1 N–H and O–H groups in total. The molecule has 0 radical (unpaired) electrons. The van der Waals surface area contributed by atoms with Gasteiger partial charge in [-0.05, 0) is 51.7 Å². The second-order valence-electron chi connectivity index (χ2n) is 9.18. The fraction of sp³-hybridized carbons (Fsp3) is 0.652. The first-order chi connectivity index (χ1) is 14.3. The molecule has 1 heterocycles. The number of carbonyl (C=O) groups excluding carboxylic acids is 3. The van der Waals surface area contributed by atoms with Crippen molar-refractivity contribution in [1.82, 2.24) is 9.88 Å². The maximum Gasteiger partial charge on any atom is 0.308 e. The van der Waals surface area contributed by atoms with Crippen molar-refractivity contribution in [3.05, 3.63) is 33.7 Å². The Morgan fingerprint density at radius 3 is 2.32 bits per heavy atom. The van der Waals surface area contributed by atoms with Crippen LogP contribution in [-0.2, 0) is 25.7 Å². The summed E-state index contributed by atoms with van der Waals surface area (Å²) in [6.45, 7) is 11.7. The topological polar surface area (TPSA) is 94.5 Å². The van der Waals surface area contributed by atoms with Crippen molar-refractivity contribution in [1.29, 1.82) is 0 Å². The van der Waals surface area contributed by atoms with Gasteiger partial charge in [0.05, 0.1) is 12.3 Å². The zero-order valence-corrected chi connectivity index (χ0v) is 19.6. The van der Waals surface area contributed by atoms with Gasteiger partial charge in [-0.2, -0.15) is 0 Å². The van der Waals surface area contributed by atoms with E-state index in [9.17, 15) is 23.6 Å². The molecule has 0 spiro atoms. The minimum Gasteiger partial charge on any atom is -0.460 e. The second-order valence-corrected chi connectivity index (χ2v) is 9.18. The first kappa shape index (κ1) is 26.5. The lowest BCUT2D eigenvalue weighted by atomic mass is 9.92. The summed E-state index contributed by atoms with van der Waals surface area (Å²) < 4.78 is 19.8. The molecule has 0 saturated heterocycles. The van der Waals surface area contributed by atoms with E-state index in [1.807, 2.05) is 13.8 Å². The summed E-state index contributed by atoms with van der Waals surface area (Å²) in [6, 6.07) is 0.420. The SMILES string of the molecule is CCC(C(=O)NC(CC(=O)OC(C)(C)C)C(=O)CF)c1c(C)ccn(CC(C)C)c1=O. The van der Waals surface area contributed by atoms with Crippen LogP contribution < -0.4 is 10.9 Å². The molecule has 0 saturated carbocycles. The van der Waals surface area contributed by atoms with Gasteiger partial charge < -0.3 is 14.6 Å². The Kier molecular flexibility index (Phi) is 9.59. The van der Waals surface area contributed by atoms with Gasteiger partial charge in [0.2, 0.25) is 5.91 Å². The Morgan fingerprint density at radius 2 is 1.84 bits per heavy atom. The number of nitrogens with one attached hydrogen (secondary N) is 1. The number of ether oxygens (including phenoxy) is 1. The number of aromatic nitrogens is 1. The molecule has 0 bridgehead atoms. The summed E-state index contributed by atoms with van der Waals surface area (Å²) in [5.74, 6) is -2.83. The number of alkyl halides is 1. The fourth-order valence-electron chi connectivity index (χ4n) is 3.32. The number of rotatable bonds is 10. The summed E-state index contributed by atoms with van der Waals surface area (Å²) >= 11 is 0. The number of hydrogen-bond acceptors (Lipinski definition) is 5. The molecule has 1 aromatic rings. The van der Waals surface area contributed by atoms with Crippen LogP contribution >= 0.6 is 0 Å². The average molecular weight is 439 g/mol. The molecule has 0 aliphatic rings. The summed E-state index contributed by atoms with van der Waals surface area (Å²) in [7, 11) is 0. The van der Waals surface area contributed by atoms with Crippen LogP contribution in [0, 0.1) is 12.8 Å². The highest BCUT2D eigenvalue weighted by molar-refractivity contribution is 5.94. The lowest BCUT2D eigenvalue weighted by Gasteiger charge is -2.24. The monoisotopic (exact) mass is 438 g/mol. The van der Waals surface area contributed by atoms with E-state index in [0.717, 1.165) is 0 Å². The van der Waals surface area contributed by atoms with Crippen molar-refractivity contribution in [3.63, 3.8) is 0 Å². The molecule has 31 heavy (non-hydrogen) atoms. The standard InChI is InChI=1S/C23H35FN2O5/c1-8-16(20-15(4)9-10-26(22(20)30)13-14(2)3)21(29)25-17(18(27)12-24)11-19(28)31-23(5,6)7/h9-10,14,16-17H,8,11-13H2,1-7H3,(H,25,29). The first-order valence-electron chi connectivity index (χ1n) is 10.6. The van der Waals surface area contributed by atoms with Crippen LogP contribution in [0.4, 0.5) is 4.39 Å². The molecule has 2 atom stereocenters. The summed E-state index contributed by atoms with van der Waals surface area (Å²) in [5, 5.41) is 2.47. The maximum atomic E-state index is 13.1. The minimum absolute atomic E-state index is 0.238. The molecule has 7 nitrogen and oxygen atoms in total. The van der Waals surface area contributed by atoms with Crippen LogP contribution in [0.25, 0.3) is 0 Å². The number of hydrogen-bond donors (Lipinski definition) is 1. The average Bonchev–Trinajstić information content (AvgIpc) is 2.64. The zero-order valence-electron chi connectivity index (χ0n) is 19.6. The Labute approximate surface area is 183 Å². The Bertz CT molecular complexity index is 855. The zero-order chi connectivity index (χ0) is 23.9. The third-order valence-electron chi connectivity index (χ3n) is 4.68. The lowest BCUT2D eigenvalue weighted by molar-refractivity contribution is -0.156. The van der Waals surface area contributed by atoms with Crippen molar-refractivity contribution < 1.29 is 23.5 Å². The number of amides is 1. The molecule has 174 valence electrons. The van der Waals surface area contributed by atoms with Crippen LogP contribution in [0.2, 0.25) is 0 Å². The summed E-state index contributed by atoms with van der Waals surface area (Å²) in [5.41, 5.74) is -0.0467. The highest BCUT2D eigenvalue weighted by atomic mass is 19.1. The van der Waals surface area contributed by atoms with E-state index in [1.165, 1.54) is 0 Å². The van der Waals surface area contributed by atoms with Gasteiger partial charge in [-0.15, -0.1) is 0 Å². The van der Waals surface area contributed by atoms with Crippen LogP contribution in [0.1, 0.15) is 71.4 Å². The molecule has 1 amide bonds. The molecular weight excluding hydrogens is 403 g/mol. The van der Waals surface area contributed by atoms with Gasteiger partial charge in [-0.1, -0.05) is 20.8 Å². The molecule has 1 aromatic heterocycles. The quantitative estimate of drug-likeness (QED) is 0.567. The fourth-order valence-corrected chi connectivity index (χ4v) is 3.32. The van der Waals surface area contributed by atoms with Crippen molar-refractivity contribution >= 4 is 17.7 Å². The van der Waals surface area contributed by atoms with E-state index in [4.69, 9.17) is 4.74 Å². The van der Waals surface area contributed by atoms with Gasteiger partial charge in [0, 0.05) is 18.3 Å². The van der Waals surface area contributed by atoms with Crippen molar-refractivity contribution in [2.24, 2.45) is 5.92 Å². The molecule has 0 aliphatic carbocycles. The van der Waals surface area contributed by atoms with Crippen LogP contribution in [0.5, 0.6) is 0 Å². The lowest BCUT2D eigenvalue weighted by Crippen LogP contribution is -2.46. The van der Waals surface area contributed by atoms with Gasteiger partial charge in [-0.25, -0.2) is 4.39 Å². The first-order valence-corrected chi connectivity index (χ1v) is 10.6. The highest BCUT2D eigenvalue weighted by Gasteiger charge is 2.31. The number of aryl methyl sites for hydroxylation is 1. The largest absolute Gasteiger partial charge is 0.460 e. The smallest absolute Gasteiger partial charge is 0.308 e. The predicted molar refractivity (Wildman–Crippen MR) is 117 cm³/mol. The summed E-state index contributed by atoms with van der Waals surface area (Å²) in [4.78, 5) is 50.2. The van der Waals surface area contributed by atoms with Crippen molar-refractivity contribution in [2.45, 2.75) is 85.4 Å². The van der Waals surface area contributed by atoms with Gasteiger partial charge in [-0.3, -0.25) is 19.2 Å². The molecule has 2 unspecified atom stereocenters. The van der Waals surface area contributed by atoms with E-state index in [1.54, 1.807) is 51.4 Å². The Balaban J connectivity index is 3.18. The number of Topliss-reactive ketones (excluding diaryl/α,β-unsaturated/α-hetero) is 1. The van der Waals surface area contributed by atoms with Crippen LogP contribution in [0.15, 0.2) is 17.1 Å². The molecule has 0 fully saturated rings. The molecule has 0 aliphatic heterocycles. The summed E-state index contributed by atoms with van der Waals surface area (Å²) in [6.07, 6.45) is 1.52. The van der Waals surface area contributed by atoms with Crippen molar-refractivity contribution in [3.8, 4) is 0 Å². The number of esters is 1. The van der Waals surface area contributed by atoms with Crippen LogP contribution in [0.3, 0.4) is 0 Å². The maximum absolute atomic E-state index is 13.1. The van der Waals surface area contributed by atoms with Gasteiger partial charge >= 0.3 is 5.97 Å². The minimum atomic E-state index is -1.36. The van der Waals surface area contributed by atoms with E-state index in [0.29, 0.717) is 24.1 Å². The van der Waals surface area contributed by atoms with E-state index >= 15 is 0 Å². The van der Waals surface area contributed by atoms with E-state index in [2.05, 4.69) is 5.32 Å². The van der Waals surface area contributed by atoms with Gasteiger partial charge in [0.25, 0.3) is 5.56 Å². The third kappa shape index (κ3) is 7.92. The second kappa shape index (κ2) is 11.2. The highest BCUT2D eigenvalue weighted by Crippen LogP contribution is 2.21. The van der Waals surface area contributed by atoms with E-state index in [-0.39, 0.29) is 11.5 Å². The third-order valence-corrected chi connectivity index (χ3v) is 4.68. The number of ketones is 1. The normalized spacial score (nSPS) is 13.6. The predicted octanol–water partition coefficient (Wildman–Crippen LogP) is 3.06. The number of halogens is 1. The number of carbonyl (C=O) groups is 3. The number of nitrogens with zero attached hydrogens (tertiary/aromatic N) is 1. The Hall–Kier alpha value is -2.51.